The molecule has 108 valence electrons. The molecule has 1 atom stereocenters. The molecule has 1 aromatic heterocycles. The van der Waals surface area contributed by atoms with E-state index in [1.807, 2.05) is 19.1 Å². The van der Waals surface area contributed by atoms with Gasteiger partial charge in [0.25, 0.3) is 0 Å². The molecule has 0 radical (unpaired) electrons. The van der Waals surface area contributed by atoms with Crippen LogP contribution in [0.15, 0.2) is 35.4 Å². The summed E-state index contributed by atoms with van der Waals surface area (Å²) in [7, 11) is -2.08. The molecule has 2 aromatic rings. The molecule has 1 unspecified atom stereocenters. The number of sulfonamides is 1. The summed E-state index contributed by atoms with van der Waals surface area (Å²) in [6, 6.07) is 6.75. The summed E-state index contributed by atoms with van der Waals surface area (Å²) in [5.74, 6) is 0. The zero-order chi connectivity index (χ0) is 14.8. The highest BCUT2D eigenvalue weighted by molar-refractivity contribution is 7.89. The van der Waals surface area contributed by atoms with E-state index in [1.165, 1.54) is 7.11 Å². The lowest BCUT2D eigenvalue weighted by atomic mass is 10.2. The number of fused-ring (bicyclic) bond motifs is 1. The number of aryl methyl sites for hydroxylation is 1. The molecule has 1 aromatic carbocycles. The predicted octanol–water partition coefficient (Wildman–Crippen LogP) is 1.86. The monoisotopic (exact) mass is 294 g/mol. The molecule has 1 N–H and O–H groups in total. The van der Waals surface area contributed by atoms with E-state index < -0.39 is 10.0 Å². The number of aromatic nitrogens is 1. The molecule has 0 bridgehead atoms. The number of rotatable bonds is 5. The van der Waals surface area contributed by atoms with Crippen molar-refractivity contribution in [3.63, 3.8) is 0 Å². The fourth-order valence-corrected chi connectivity index (χ4v) is 3.48. The minimum Gasteiger partial charge on any atom is -0.383 e. The van der Waals surface area contributed by atoms with E-state index in [-0.39, 0.29) is 10.9 Å². The molecule has 0 spiro atoms. The van der Waals surface area contributed by atoms with Crippen molar-refractivity contribution in [2.45, 2.75) is 24.8 Å². The van der Waals surface area contributed by atoms with E-state index in [4.69, 9.17) is 4.74 Å². The van der Waals surface area contributed by atoms with Crippen molar-refractivity contribution < 1.29 is 13.2 Å². The first-order chi connectivity index (χ1) is 9.44. The van der Waals surface area contributed by atoms with E-state index in [0.717, 1.165) is 10.9 Å². The van der Waals surface area contributed by atoms with E-state index in [2.05, 4.69) is 9.71 Å². The summed E-state index contributed by atoms with van der Waals surface area (Å²) < 4.78 is 32.4. The summed E-state index contributed by atoms with van der Waals surface area (Å²) in [6.07, 6.45) is 1.67. The van der Waals surface area contributed by atoms with Crippen LogP contribution < -0.4 is 4.72 Å². The molecule has 0 fully saturated rings. The number of nitrogens with zero attached hydrogens (tertiary/aromatic N) is 1. The quantitative estimate of drug-likeness (QED) is 0.914. The van der Waals surface area contributed by atoms with Crippen LogP contribution in [-0.4, -0.2) is 33.2 Å². The average molecular weight is 294 g/mol. The van der Waals surface area contributed by atoms with Gasteiger partial charge in [0.05, 0.1) is 12.1 Å². The Bertz CT molecular complexity index is 713. The first-order valence-electron chi connectivity index (χ1n) is 6.30. The van der Waals surface area contributed by atoms with Crippen LogP contribution in [0.2, 0.25) is 0 Å². The predicted molar refractivity (Wildman–Crippen MR) is 78.1 cm³/mol. The first kappa shape index (κ1) is 14.9. The summed E-state index contributed by atoms with van der Waals surface area (Å²) in [6.45, 7) is 3.99. The lowest BCUT2D eigenvalue weighted by Gasteiger charge is -2.14. The number of pyridine rings is 1. The van der Waals surface area contributed by atoms with Crippen molar-refractivity contribution in [1.29, 1.82) is 0 Å². The summed E-state index contributed by atoms with van der Waals surface area (Å²) in [5.41, 5.74) is 1.47. The van der Waals surface area contributed by atoms with Crippen molar-refractivity contribution in [1.82, 2.24) is 9.71 Å². The van der Waals surface area contributed by atoms with Gasteiger partial charge in [0.2, 0.25) is 10.0 Å². The van der Waals surface area contributed by atoms with Gasteiger partial charge in [-0.2, -0.15) is 0 Å². The van der Waals surface area contributed by atoms with Crippen LogP contribution in [0.5, 0.6) is 0 Å². The second-order valence-electron chi connectivity index (χ2n) is 4.82. The molecule has 0 saturated heterocycles. The van der Waals surface area contributed by atoms with Gasteiger partial charge in [-0.25, -0.2) is 13.1 Å². The van der Waals surface area contributed by atoms with Gasteiger partial charge in [-0.3, -0.25) is 4.98 Å². The molecular weight excluding hydrogens is 276 g/mol. The lowest BCUT2D eigenvalue weighted by Crippen LogP contribution is -2.35. The highest BCUT2D eigenvalue weighted by Gasteiger charge is 2.20. The number of benzene rings is 1. The summed E-state index contributed by atoms with van der Waals surface area (Å²) in [4.78, 5) is 4.44. The molecular formula is C14H18N2O3S. The van der Waals surface area contributed by atoms with Gasteiger partial charge >= 0.3 is 0 Å². The molecule has 0 saturated carbocycles. The maximum atomic E-state index is 12.4. The van der Waals surface area contributed by atoms with E-state index in [0.29, 0.717) is 12.1 Å². The Labute approximate surface area is 119 Å². The van der Waals surface area contributed by atoms with Crippen LogP contribution in [0.1, 0.15) is 12.5 Å². The van der Waals surface area contributed by atoms with Gasteiger partial charge in [-0.15, -0.1) is 0 Å². The standard InChI is InChI=1S/C14H18N2O3S/c1-10-7-12-5-4-6-13(14(12)15-8-10)20(17,18)16-11(2)9-19-3/h4-8,11,16H,9H2,1-3H3. The van der Waals surface area contributed by atoms with Crippen molar-refractivity contribution in [2.75, 3.05) is 13.7 Å². The van der Waals surface area contributed by atoms with Crippen LogP contribution in [0.25, 0.3) is 10.9 Å². The molecule has 2 rings (SSSR count). The molecule has 20 heavy (non-hydrogen) atoms. The third-order valence-corrected chi connectivity index (χ3v) is 4.49. The minimum atomic E-state index is -3.61. The second kappa shape index (κ2) is 5.87. The highest BCUT2D eigenvalue weighted by atomic mass is 32.2. The minimum absolute atomic E-state index is 0.193. The topological polar surface area (TPSA) is 68.3 Å². The highest BCUT2D eigenvalue weighted by Crippen LogP contribution is 2.21. The van der Waals surface area contributed by atoms with Gasteiger partial charge in [0.1, 0.15) is 4.90 Å². The van der Waals surface area contributed by atoms with Crippen LogP contribution in [0, 0.1) is 6.92 Å². The second-order valence-corrected chi connectivity index (χ2v) is 6.50. The molecule has 0 aliphatic heterocycles. The van der Waals surface area contributed by atoms with Crippen molar-refractivity contribution >= 4 is 20.9 Å². The van der Waals surface area contributed by atoms with Crippen molar-refractivity contribution in [3.05, 3.63) is 36.0 Å². The molecule has 0 aliphatic carbocycles. The molecule has 1 heterocycles. The number of nitrogens with one attached hydrogen (secondary N) is 1. The van der Waals surface area contributed by atoms with Gasteiger partial charge < -0.3 is 4.74 Å². The van der Waals surface area contributed by atoms with Crippen LogP contribution in [0.3, 0.4) is 0 Å². The van der Waals surface area contributed by atoms with Gasteiger partial charge in [-0.1, -0.05) is 12.1 Å². The Morgan fingerprint density at radius 3 is 2.85 bits per heavy atom. The fraction of sp³-hybridized carbons (Fsp3) is 0.357. The van der Waals surface area contributed by atoms with E-state index in [1.54, 1.807) is 25.3 Å². The zero-order valence-corrected chi connectivity index (χ0v) is 12.6. The van der Waals surface area contributed by atoms with Crippen LogP contribution in [-0.2, 0) is 14.8 Å². The Kier molecular flexibility index (Phi) is 4.37. The van der Waals surface area contributed by atoms with E-state index in [9.17, 15) is 8.42 Å². The van der Waals surface area contributed by atoms with E-state index >= 15 is 0 Å². The van der Waals surface area contributed by atoms with Gasteiger partial charge in [-0.05, 0) is 31.5 Å². The van der Waals surface area contributed by atoms with Gasteiger partial charge in [0, 0.05) is 24.7 Å². The normalized spacial score (nSPS) is 13.6. The fourth-order valence-electron chi connectivity index (χ4n) is 2.07. The van der Waals surface area contributed by atoms with Crippen molar-refractivity contribution in [3.8, 4) is 0 Å². The summed E-state index contributed by atoms with van der Waals surface area (Å²) in [5, 5.41) is 0.812. The van der Waals surface area contributed by atoms with Crippen LogP contribution in [0.4, 0.5) is 0 Å². The molecule has 5 nitrogen and oxygen atoms in total. The number of ether oxygens (including phenoxy) is 1. The smallest absolute Gasteiger partial charge is 0.243 e. The summed E-state index contributed by atoms with van der Waals surface area (Å²) >= 11 is 0. The lowest BCUT2D eigenvalue weighted by molar-refractivity contribution is 0.180. The number of hydrogen-bond donors (Lipinski definition) is 1. The van der Waals surface area contributed by atoms with Gasteiger partial charge in [0.15, 0.2) is 0 Å². The molecule has 0 aliphatic rings. The number of para-hydroxylation sites is 1. The Hall–Kier alpha value is -1.50. The molecule has 6 heteroatoms. The largest absolute Gasteiger partial charge is 0.383 e. The maximum absolute atomic E-state index is 12.4. The SMILES string of the molecule is COCC(C)NS(=O)(=O)c1cccc2cc(C)cnc12. The Morgan fingerprint density at radius 1 is 1.40 bits per heavy atom. The number of methoxy groups -OCH3 is 1. The third-order valence-electron chi connectivity index (χ3n) is 2.87. The maximum Gasteiger partial charge on any atom is 0.243 e. The van der Waals surface area contributed by atoms with Crippen molar-refractivity contribution in [2.24, 2.45) is 0 Å². The first-order valence-corrected chi connectivity index (χ1v) is 7.79. The third kappa shape index (κ3) is 3.15. The Morgan fingerprint density at radius 2 is 2.15 bits per heavy atom. The van der Waals surface area contributed by atoms with Crippen LogP contribution >= 0.6 is 0 Å². The molecule has 0 amide bonds. The average Bonchev–Trinajstić information content (AvgIpc) is 2.37. The Balaban J connectivity index is 2.46. The zero-order valence-electron chi connectivity index (χ0n) is 11.8. The number of hydrogen-bond acceptors (Lipinski definition) is 4.